The third-order valence-corrected chi connectivity index (χ3v) is 2.62. The first-order valence-corrected chi connectivity index (χ1v) is 5.20. The van der Waals surface area contributed by atoms with Crippen molar-refractivity contribution in [3.8, 4) is 0 Å². The van der Waals surface area contributed by atoms with Crippen LogP contribution in [0.2, 0.25) is 0 Å². The molecule has 72 valence electrons. The Balaban J connectivity index is 3.37. The first kappa shape index (κ1) is 10.6. The number of rotatable bonds is 2. The van der Waals surface area contributed by atoms with Crippen LogP contribution in [0.4, 0.5) is 8.78 Å². The maximum Gasteiger partial charge on any atom is 0.327 e. The van der Waals surface area contributed by atoms with E-state index in [-0.39, 0.29) is 4.90 Å². The van der Waals surface area contributed by atoms with Crippen LogP contribution in [0.3, 0.4) is 0 Å². The van der Waals surface area contributed by atoms with Gasteiger partial charge in [0.25, 0.3) is 0 Å². The molecule has 0 spiro atoms. The van der Waals surface area contributed by atoms with Crippen LogP contribution in [-0.4, -0.2) is 8.42 Å². The van der Waals surface area contributed by atoms with Crippen molar-refractivity contribution in [1.82, 2.24) is 0 Å². The molecule has 0 saturated heterocycles. The van der Waals surface area contributed by atoms with Gasteiger partial charge >= 0.3 is 4.83 Å². The van der Waals surface area contributed by atoms with E-state index in [4.69, 9.17) is 0 Å². The molecule has 0 aromatic heterocycles. The van der Waals surface area contributed by atoms with Crippen LogP contribution in [-0.2, 0) is 15.5 Å². The van der Waals surface area contributed by atoms with E-state index in [1.54, 1.807) is 0 Å². The molecule has 0 radical (unpaired) electrons. The molecular formula is C7H5BrF2O2S. The summed E-state index contributed by atoms with van der Waals surface area (Å²) in [6.07, 6.45) is 0. The van der Waals surface area contributed by atoms with Crippen LogP contribution in [0.25, 0.3) is 0 Å². The lowest BCUT2D eigenvalue weighted by Crippen LogP contribution is -2.05. The summed E-state index contributed by atoms with van der Waals surface area (Å²) in [6.45, 7) is 0. The van der Waals surface area contributed by atoms with Crippen molar-refractivity contribution < 1.29 is 17.2 Å². The van der Waals surface area contributed by atoms with Gasteiger partial charge < -0.3 is 0 Å². The number of hydrogen-bond donors (Lipinski definition) is 1. The van der Waals surface area contributed by atoms with Gasteiger partial charge in [0.1, 0.15) is 0 Å². The molecule has 6 heteroatoms. The Morgan fingerprint density at radius 1 is 1.23 bits per heavy atom. The summed E-state index contributed by atoms with van der Waals surface area (Å²) in [5, 5.41) is 0. The average Bonchev–Trinajstić information content (AvgIpc) is 2.03. The predicted octanol–water partition coefficient (Wildman–Crippen LogP) is 2.10. The molecule has 0 unspecified atom stereocenters. The number of hydrogen-bond acceptors (Lipinski definition) is 2. The van der Waals surface area contributed by atoms with Crippen LogP contribution >= 0.6 is 15.9 Å². The van der Waals surface area contributed by atoms with Crippen molar-refractivity contribution in [2.24, 2.45) is 0 Å². The fourth-order valence-electron chi connectivity index (χ4n) is 0.873. The quantitative estimate of drug-likeness (QED) is 0.660. The Morgan fingerprint density at radius 3 is 2.15 bits per heavy atom. The van der Waals surface area contributed by atoms with E-state index < -0.39 is 21.1 Å². The van der Waals surface area contributed by atoms with Crippen molar-refractivity contribution >= 4 is 26.6 Å². The van der Waals surface area contributed by atoms with E-state index in [1.807, 2.05) is 0 Å². The third kappa shape index (κ3) is 2.47. The summed E-state index contributed by atoms with van der Waals surface area (Å²) >= 11 is 2.11. The molecule has 0 aliphatic carbocycles. The van der Waals surface area contributed by atoms with Gasteiger partial charge in [-0.15, -0.1) is 0 Å². The molecule has 0 fully saturated rings. The van der Waals surface area contributed by atoms with Crippen LogP contribution in [0.15, 0.2) is 29.2 Å². The Labute approximate surface area is 83.7 Å². The van der Waals surface area contributed by atoms with Crippen molar-refractivity contribution in [3.05, 3.63) is 29.8 Å². The van der Waals surface area contributed by atoms with Gasteiger partial charge in [0.05, 0.1) is 10.5 Å². The molecule has 0 N–H and O–H groups in total. The second kappa shape index (κ2) is 3.71. The molecule has 0 amide bonds. The zero-order valence-corrected chi connectivity index (χ0v) is 8.69. The van der Waals surface area contributed by atoms with Crippen molar-refractivity contribution in [1.29, 1.82) is 0 Å². The summed E-state index contributed by atoms with van der Waals surface area (Å²) in [4.78, 5) is -3.67. The normalized spacial score (nSPS) is 12.0. The minimum Gasteiger partial charge on any atom is -0.227 e. The highest BCUT2D eigenvalue weighted by Crippen LogP contribution is 2.36. The molecule has 0 aliphatic rings. The summed E-state index contributed by atoms with van der Waals surface area (Å²) in [5.74, 6) is 0. The van der Waals surface area contributed by atoms with Gasteiger partial charge in [0, 0.05) is 0 Å². The minimum absolute atomic E-state index is 0.362. The minimum atomic E-state index is -3.31. The van der Waals surface area contributed by atoms with Gasteiger partial charge in [0.2, 0.25) is 0 Å². The molecule has 2 nitrogen and oxygen atoms in total. The fourth-order valence-corrected chi connectivity index (χ4v) is 1.99. The SMILES string of the molecule is O=[SH](=O)c1ccccc1C(F)(F)Br. The number of alkyl halides is 3. The molecular weight excluding hydrogens is 266 g/mol. The molecule has 0 bridgehead atoms. The summed E-state index contributed by atoms with van der Waals surface area (Å²) in [7, 11) is -2.99. The second-order valence-corrected chi connectivity index (χ2v) is 4.26. The topological polar surface area (TPSA) is 34.1 Å². The van der Waals surface area contributed by atoms with E-state index in [1.165, 1.54) is 12.1 Å². The van der Waals surface area contributed by atoms with E-state index >= 15 is 0 Å². The highest BCUT2D eigenvalue weighted by atomic mass is 79.9. The lowest BCUT2D eigenvalue weighted by Gasteiger charge is -2.09. The Morgan fingerprint density at radius 2 is 1.77 bits per heavy atom. The number of thiol groups is 1. The third-order valence-electron chi connectivity index (χ3n) is 1.41. The molecule has 0 heterocycles. The molecule has 1 rings (SSSR count). The predicted molar refractivity (Wildman–Crippen MR) is 47.8 cm³/mol. The average molecular weight is 271 g/mol. The standard InChI is InChI=1S/C7H5BrF2O2S/c8-7(9,10)5-3-1-2-4-6(5)13(11)12/h1-4,13H. The molecule has 0 atom stereocenters. The van der Waals surface area contributed by atoms with E-state index in [9.17, 15) is 17.2 Å². The smallest absolute Gasteiger partial charge is 0.227 e. The summed E-state index contributed by atoms with van der Waals surface area (Å²) in [5.41, 5.74) is -0.536. The Kier molecular flexibility index (Phi) is 3.02. The first-order chi connectivity index (χ1) is 5.93. The molecule has 1 aromatic carbocycles. The van der Waals surface area contributed by atoms with Gasteiger partial charge in [-0.2, -0.15) is 8.78 Å². The van der Waals surface area contributed by atoms with E-state index in [0.717, 1.165) is 12.1 Å². The maximum absolute atomic E-state index is 12.7. The largest absolute Gasteiger partial charge is 0.327 e. The zero-order chi connectivity index (χ0) is 10.1. The van der Waals surface area contributed by atoms with E-state index in [0.29, 0.717) is 0 Å². The number of halogens is 3. The monoisotopic (exact) mass is 270 g/mol. The van der Waals surface area contributed by atoms with Crippen molar-refractivity contribution in [2.75, 3.05) is 0 Å². The zero-order valence-electron chi connectivity index (χ0n) is 6.21. The van der Waals surface area contributed by atoms with Crippen molar-refractivity contribution in [2.45, 2.75) is 9.73 Å². The lowest BCUT2D eigenvalue weighted by molar-refractivity contribution is 0.111. The highest BCUT2D eigenvalue weighted by Gasteiger charge is 2.30. The van der Waals surface area contributed by atoms with E-state index in [2.05, 4.69) is 15.9 Å². The molecule has 13 heavy (non-hydrogen) atoms. The maximum atomic E-state index is 12.7. The molecule has 1 aromatic rings. The highest BCUT2D eigenvalue weighted by molar-refractivity contribution is 9.09. The number of benzene rings is 1. The van der Waals surface area contributed by atoms with Crippen LogP contribution in [0.5, 0.6) is 0 Å². The van der Waals surface area contributed by atoms with Gasteiger partial charge in [-0.1, -0.05) is 18.2 Å². The Hall–Kier alpha value is -0.490. The van der Waals surface area contributed by atoms with Crippen LogP contribution in [0.1, 0.15) is 5.56 Å². The van der Waals surface area contributed by atoms with Crippen molar-refractivity contribution in [3.63, 3.8) is 0 Å². The van der Waals surface area contributed by atoms with Gasteiger partial charge in [-0.05, 0) is 22.0 Å². The summed E-state index contributed by atoms with van der Waals surface area (Å²) in [6, 6.07) is 4.95. The van der Waals surface area contributed by atoms with Crippen LogP contribution < -0.4 is 0 Å². The van der Waals surface area contributed by atoms with Crippen LogP contribution in [0, 0.1) is 0 Å². The molecule has 0 saturated carbocycles. The Bertz CT molecular complexity index is 376. The fraction of sp³-hybridized carbons (Fsp3) is 0.143. The summed E-state index contributed by atoms with van der Waals surface area (Å²) < 4.78 is 46.6. The molecule has 0 aliphatic heterocycles. The first-order valence-electron chi connectivity index (χ1n) is 3.23. The van der Waals surface area contributed by atoms with Gasteiger partial charge in [-0.25, -0.2) is 8.42 Å². The van der Waals surface area contributed by atoms with Gasteiger partial charge in [-0.3, -0.25) is 0 Å². The second-order valence-electron chi connectivity index (χ2n) is 2.27. The van der Waals surface area contributed by atoms with Gasteiger partial charge in [0.15, 0.2) is 10.7 Å². The lowest BCUT2D eigenvalue weighted by atomic mass is 10.2.